The van der Waals surface area contributed by atoms with Crippen molar-refractivity contribution < 1.29 is 4.52 Å². The third-order valence-corrected chi connectivity index (χ3v) is 5.10. The molecule has 1 aliphatic rings. The van der Waals surface area contributed by atoms with Gasteiger partial charge in [-0.15, -0.1) is 0 Å². The first kappa shape index (κ1) is 15.5. The number of hydrogen-bond acceptors (Lipinski definition) is 3. The fraction of sp³-hybridized carbons (Fsp3) is 0.450. The fourth-order valence-electron chi connectivity index (χ4n) is 3.94. The van der Waals surface area contributed by atoms with E-state index in [0.29, 0.717) is 12.1 Å². The Kier molecular flexibility index (Phi) is 3.93. The topological polar surface area (TPSA) is 34.2 Å². The number of benzene rings is 1. The summed E-state index contributed by atoms with van der Waals surface area (Å²) in [5.41, 5.74) is 3.82. The highest BCUT2D eigenvalue weighted by Gasteiger charge is 2.29. The van der Waals surface area contributed by atoms with Crippen molar-refractivity contribution in [2.45, 2.75) is 52.2 Å². The van der Waals surface area contributed by atoms with E-state index in [4.69, 9.17) is 4.52 Å². The Hall–Kier alpha value is -2.07. The molecule has 1 aliphatic heterocycles. The zero-order valence-corrected chi connectivity index (χ0v) is 14.7. The zero-order valence-electron chi connectivity index (χ0n) is 14.7. The molecule has 0 spiro atoms. The van der Waals surface area contributed by atoms with Crippen LogP contribution in [-0.4, -0.2) is 21.2 Å². The average molecular weight is 323 g/mol. The van der Waals surface area contributed by atoms with Crippen LogP contribution in [0.15, 0.2) is 41.1 Å². The summed E-state index contributed by atoms with van der Waals surface area (Å²) in [6.07, 6.45) is 4.72. The van der Waals surface area contributed by atoms with Gasteiger partial charge in [-0.05, 0) is 51.8 Å². The predicted molar refractivity (Wildman–Crippen MR) is 95.9 cm³/mol. The van der Waals surface area contributed by atoms with Crippen LogP contribution in [0.4, 0.5) is 0 Å². The van der Waals surface area contributed by atoms with Gasteiger partial charge in [-0.25, -0.2) is 0 Å². The van der Waals surface area contributed by atoms with Gasteiger partial charge >= 0.3 is 0 Å². The number of rotatable bonds is 4. The number of fused-ring (bicyclic) bond motifs is 1. The lowest BCUT2D eigenvalue weighted by molar-refractivity contribution is 0.237. The lowest BCUT2D eigenvalue weighted by Gasteiger charge is -2.22. The van der Waals surface area contributed by atoms with Crippen LogP contribution >= 0.6 is 0 Å². The molecular formula is C20H25N3O. The summed E-state index contributed by atoms with van der Waals surface area (Å²) >= 11 is 0. The summed E-state index contributed by atoms with van der Waals surface area (Å²) in [5.74, 6) is 0.897. The molecule has 1 aromatic carbocycles. The van der Waals surface area contributed by atoms with Crippen molar-refractivity contribution in [3.8, 4) is 0 Å². The number of nitrogens with zero attached hydrogens (tertiary/aromatic N) is 3. The van der Waals surface area contributed by atoms with E-state index in [1.54, 1.807) is 0 Å². The second-order valence-electron chi connectivity index (χ2n) is 7.16. The third-order valence-electron chi connectivity index (χ3n) is 5.10. The normalized spacial score (nSPS) is 18.9. The second-order valence-corrected chi connectivity index (χ2v) is 7.16. The zero-order chi connectivity index (χ0) is 16.7. The number of para-hydroxylation sites is 1. The molecule has 0 saturated carbocycles. The standard InChI is InChI=1S/C20H25N3O/c1-14(2)23-13-16(17-7-4-5-8-19(17)23)12-22-10-6-9-20(22)18-11-15(3)24-21-18/h4-5,7-8,11,13-14,20H,6,9-10,12H2,1-3H3/t20-/m0/s1. The van der Waals surface area contributed by atoms with E-state index in [0.717, 1.165) is 31.0 Å². The van der Waals surface area contributed by atoms with Crippen LogP contribution in [-0.2, 0) is 6.54 Å². The summed E-state index contributed by atoms with van der Waals surface area (Å²) in [7, 11) is 0. The predicted octanol–water partition coefficient (Wildman–Crippen LogP) is 4.86. The van der Waals surface area contributed by atoms with Crippen LogP contribution in [0.5, 0.6) is 0 Å². The van der Waals surface area contributed by atoms with Gasteiger partial charge in [0.2, 0.25) is 0 Å². The van der Waals surface area contributed by atoms with Gasteiger partial charge in [0.05, 0.1) is 6.04 Å². The molecule has 1 fully saturated rings. The second kappa shape index (κ2) is 6.10. The van der Waals surface area contributed by atoms with Crippen LogP contribution in [0, 0.1) is 6.92 Å². The Morgan fingerprint density at radius 2 is 2.12 bits per heavy atom. The molecule has 1 saturated heterocycles. The highest BCUT2D eigenvalue weighted by atomic mass is 16.5. The average Bonchev–Trinajstić information content (AvgIpc) is 3.27. The summed E-state index contributed by atoms with van der Waals surface area (Å²) in [4.78, 5) is 2.55. The van der Waals surface area contributed by atoms with Crippen LogP contribution in [0.25, 0.3) is 10.9 Å². The molecule has 1 atom stereocenters. The number of aryl methyl sites for hydroxylation is 1. The highest BCUT2D eigenvalue weighted by Crippen LogP contribution is 2.34. The molecule has 0 unspecified atom stereocenters. The fourth-order valence-corrected chi connectivity index (χ4v) is 3.94. The SMILES string of the molecule is Cc1cc([C@@H]2CCCN2Cc2cn(C(C)C)c3ccccc23)no1. The van der Waals surface area contributed by atoms with Crippen LogP contribution in [0.2, 0.25) is 0 Å². The maximum absolute atomic E-state index is 5.30. The maximum Gasteiger partial charge on any atom is 0.133 e. The Labute approximate surface area is 143 Å². The molecule has 3 heterocycles. The molecule has 0 bridgehead atoms. The summed E-state index contributed by atoms with van der Waals surface area (Å²) in [6.45, 7) is 8.54. The Bertz CT molecular complexity index is 846. The van der Waals surface area contributed by atoms with E-state index in [9.17, 15) is 0 Å². The van der Waals surface area contributed by atoms with E-state index in [1.165, 1.54) is 22.9 Å². The minimum atomic E-state index is 0.378. The molecule has 24 heavy (non-hydrogen) atoms. The highest BCUT2D eigenvalue weighted by molar-refractivity contribution is 5.84. The number of likely N-dealkylation sites (tertiary alicyclic amines) is 1. The van der Waals surface area contributed by atoms with Crippen molar-refractivity contribution in [2.24, 2.45) is 0 Å². The molecule has 126 valence electrons. The van der Waals surface area contributed by atoms with Gasteiger partial charge < -0.3 is 9.09 Å². The molecule has 0 N–H and O–H groups in total. The van der Waals surface area contributed by atoms with Gasteiger partial charge in [-0.1, -0.05) is 23.4 Å². The van der Waals surface area contributed by atoms with E-state index in [1.807, 2.05) is 6.92 Å². The molecule has 4 heteroatoms. The molecule has 4 rings (SSSR count). The minimum absolute atomic E-state index is 0.378. The van der Waals surface area contributed by atoms with E-state index in [-0.39, 0.29) is 0 Å². The van der Waals surface area contributed by atoms with Crippen molar-refractivity contribution >= 4 is 10.9 Å². The van der Waals surface area contributed by atoms with Gasteiger partial charge in [-0.2, -0.15) is 0 Å². The molecule has 4 nitrogen and oxygen atoms in total. The van der Waals surface area contributed by atoms with Gasteiger partial charge in [-0.3, -0.25) is 4.90 Å². The first-order chi connectivity index (χ1) is 11.6. The van der Waals surface area contributed by atoms with Crippen molar-refractivity contribution in [1.29, 1.82) is 0 Å². The quantitative estimate of drug-likeness (QED) is 0.688. The van der Waals surface area contributed by atoms with Gasteiger partial charge in [0.25, 0.3) is 0 Å². The summed E-state index contributed by atoms with van der Waals surface area (Å²) < 4.78 is 7.69. The molecule has 2 aromatic heterocycles. The maximum atomic E-state index is 5.30. The molecular weight excluding hydrogens is 298 g/mol. The number of aromatic nitrogens is 2. The van der Waals surface area contributed by atoms with E-state index >= 15 is 0 Å². The first-order valence-electron chi connectivity index (χ1n) is 8.89. The van der Waals surface area contributed by atoms with Crippen LogP contribution in [0.3, 0.4) is 0 Å². The van der Waals surface area contributed by atoms with Crippen molar-refractivity contribution in [2.75, 3.05) is 6.54 Å². The van der Waals surface area contributed by atoms with Crippen molar-refractivity contribution in [3.05, 3.63) is 53.5 Å². The van der Waals surface area contributed by atoms with Gasteiger partial charge in [0.15, 0.2) is 0 Å². The lowest BCUT2D eigenvalue weighted by Crippen LogP contribution is -2.22. The number of hydrogen-bond donors (Lipinski definition) is 0. The van der Waals surface area contributed by atoms with Gasteiger partial charge in [0.1, 0.15) is 11.5 Å². The van der Waals surface area contributed by atoms with E-state index < -0.39 is 0 Å². The molecule has 0 amide bonds. The van der Waals surface area contributed by atoms with Crippen LogP contribution in [0.1, 0.15) is 55.8 Å². The smallest absolute Gasteiger partial charge is 0.133 e. The largest absolute Gasteiger partial charge is 0.361 e. The Balaban J connectivity index is 1.66. The van der Waals surface area contributed by atoms with Crippen molar-refractivity contribution in [1.82, 2.24) is 14.6 Å². The molecule has 3 aromatic rings. The van der Waals surface area contributed by atoms with E-state index in [2.05, 4.69) is 65.0 Å². The summed E-state index contributed by atoms with van der Waals surface area (Å²) in [6, 6.07) is 11.7. The molecule has 0 radical (unpaired) electrons. The third kappa shape index (κ3) is 2.65. The first-order valence-corrected chi connectivity index (χ1v) is 8.89. The molecule has 0 aliphatic carbocycles. The monoisotopic (exact) mass is 323 g/mol. The van der Waals surface area contributed by atoms with Crippen LogP contribution < -0.4 is 0 Å². The van der Waals surface area contributed by atoms with Crippen molar-refractivity contribution in [3.63, 3.8) is 0 Å². The Morgan fingerprint density at radius 3 is 2.88 bits per heavy atom. The Morgan fingerprint density at radius 1 is 1.29 bits per heavy atom. The summed E-state index contributed by atoms with van der Waals surface area (Å²) in [5, 5.41) is 5.63. The minimum Gasteiger partial charge on any atom is -0.361 e. The lowest BCUT2D eigenvalue weighted by atomic mass is 10.1. The van der Waals surface area contributed by atoms with Gasteiger partial charge in [0, 0.05) is 35.8 Å².